The number of carbonyl (C=O) groups is 2. The number of rotatable bonds is 11. The Morgan fingerprint density at radius 2 is 1.73 bits per heavy atom. The lowest BCUT2D eigenvalue weighted by Gasteiger charge is -2.33. The van der Waals surface area contributed by atoms with Crippen LogP contribution in [-0.2, 0) is 26.7 Å². The number of amides is 2. The SMILES string of the molecule is Cn1c(=O)n(C2CCC(=O)NC2=O)c2ccc(C3CCN(CCCS(=O)(=O)N4CCC(Nc5ncc(OC(F)F)cn5)CC4)CC3)c(Cl)c21. The summed E-state index contributed by atoms with van der Waals surface area (Å²) >= 11 is 6.93. The van der Waals surface area contributed by atoms with Gasteiger partial charge in [-0.15, -0.1) is 0 Å². The molecule has 0 radical (unpaired) electrons. The van der Waals surface area contributed by atoms with Crippen LogP contribution in [-0.4, -0.2) is 99.7 Å². The van der Waals surface area contributed by atoms with Crippen molar-refractivity contribution in [1.29, 1.82) is 0 Å². The maximum absolute atomic E-state index is 13.2. The molecule has 3 fully saturated rings. The van der Waals surface area contributed by atoms with E-state index in [-0.39, 0.29) is 53.8 Å². The van der Waals surface area contributed by atoms with Crippen molar-refractivity contribution in [3.63, 3.8) is 0 Å². The van der Waals surface area contributed by atoms with E-state index in [0.717, 1.165) is 43.9 Å². The molecule has 3 saturated heterocycles. The van der Waals surface area contributed by atoms with Gasteiger partial charge in [0.2, 0.25) is 27.8 Å². The number of hydrogen-bond donors (Lipinski definition) is 2. The number of aryl methyl sites for hydroxylation is 1. The van der Waals surface area contributed by atoms with E-state index in [1.165, 1.54) is 13.4 Å². The van der Waals surface area contributed by atoms with E-state index in [4.69, 9.17) is 11.6 Å². The van der Waals surface area contributed by atoms with Crippen molar-refractivity contribution in [1.82, 2.24) is 33.6 Å². The summed E-state index contributed by atoms with van der Waals surface area (Å²) in [5.74, 6) is -0.493. The Bertz CT molecular complexity index is 1860. The highest BCUT2D eigenvalue weighted by Crippen LogP contribution is 2.37. The number of fused-ring (bicyclic) bond motifs is 1. The fourth-order valence-corrected chi connectivity index (χ4v) is 9.03. The van der Waals surface area contributed by atoms with Crippen LogP contribution in [0, 0.1) is 0 Å². The number of nitrogens with one attached hydrogen (secondary N) is 2. The van der Waals surface area contributed by atoms with Crippen LogP contribution in [0.4, 0.5) is 14.7 Å². The number of imide groups is 1. The lowest BCUT2D eigenvalue weighted by Crippen LogP contribution is -2.44. The molecule has 3 aliphatic rings. The Kier molecular flexibility index (Phi) is 10.5. The number of halogens is 3. The van der Waals surface area contributed by atoms with E-state index >= 15 is 0 Å². The van der Waals surface area contributed by atoms with Crippen LogP contribution >= 0.6 is 11.6 Å². The van der Waals surface area contributed by atoms with Crippen LogP contribution in [0.3, 0.4) is 0 Å². The van der Waals surface area contributed by atoms with E-state index in [9.17, 15) is 31.6 Å². The number of aromatic nitrogens is 4. The van der Waals surface area contributed by atoms with E-state index in [2.05, 4.69) is 30.2 Å². The second-order valence-corrected chi connectivity index (χ2v) is 15.2. The van der Waals surface area contributed by atoms with Gasteiger partial charge in [-0.2, -0.15) is 8.78 Å². The van der Waals surface area contributed by atoms with E-state index < -0.39 is 28.6 Å². The van der Waals surface area contributed by atoms with Gasteiger partial charge < -0.3 is 15.0 Å². The molecule has 1 atom stereocenters. The zero-order valence-corrected chi connectivity index (χ0v) is 28.6. The molecule has 5 heterocycles. The number of carbonyl (C=O) groups excluding carboxylic acids is 2. The highest BCUT2D eigenvalue weighted by atomic mass is 35.5. The van der Waals surface area contributed by atoms with Crippen LogP contribution in [0.1, 0.15) is 62.5 Å². The molecule has 0 spiro atoms. The molecular formula is C31H39ClF2N8O6S. The summed E-state index contributed by atoms with van der Waals surface area (Å²) in [5.41, 5.74) is 1.69. The fraction of sp³-hybridized carbons (Fsp3) is 0.581. The van der Waals surface area contributed by atoms with Crippen molar-refractivity contribution >= 4 is 50.4 Å². The molecule has 3 aromatic rings. The Balaban J connectivity index is 0.974. The van der Waals surface area contributed by atoms with Gasteiger partial charge in [-0.25, -0.2) is 27.5 Å². The first-order valence-corrected chi connectivity index (χ1v) is 18.4. The van der Waals surface area contributed by atoms with Gasteiger partial charge in [0.1, 0.15) is 6.04 Å². The molecule has 2 aromatic heterocycles. The highest BCUT2D eigenvalue weighted by molar-refractivity contribution is 7.89. The molecule has 1 unspecified atom stereocenters. The molecule has 18 heteroatoms. The zero-order valence-electron chi connectivity index (χ0n) is 27.0. The monoisotopic (exact) mass is 724 g/mol. The number of ether oxygens (including phenoxy) is 1. The molecular weight excluding hydrogens is 686 g/mol. The first-order valence-electron chi connectivity index (χ1n) is 16.4. The minimum Gasteiger partial charge on any atom is -0.432 e. The number of piperidine rings is 3. The third-order valence-electron chi connectivity index (χ3n) is 9.67. The summed E-state index contributed by atoms with van der Waals surface area (Å²) in [6, 6.07) is 2.93. The average Bonchev–Trinajstić information content (AvgIpc) is 3.32. The second kappa shape index (κ2) is 14.7. The lowest BCUT2D eigenvalue weighted by atomic mass is 9.89. The van der Waals surface area contributed by atoms with Gasteiger partial charge in [-0.3, -0.25) is 24.0 Å². The number of imidazole rings is 1. The van der Waals surface area contributed by atoms with Gasteiger partial charge >= 0.3 is 12.3 Å². The standard InChI is InChI=1S/C31H39ClF2N8O6S/c1-39-27-23(42(31(39)45)24-5-6-25(43)38-28(24)44)4-3-22(26(27)32)19-7-12-40(13-8-19)11-2-16-49(46,47)41-14-9-20(10-15-41)37-30-35-17-21(18-36-30)48-29(33)34/h3-4,17-20,24,29H,2,5-16H2,1H3,(H,35,36,37)(H,38,43,44). The summed E-state index contributed by atoms with van der Waals surface area (Å²) < 4.78 is 59.5. The molecule has 14 nitrogen and oxygen atoms in total. The minimum absolute atomic E-state index is 0.0426. The molecule has 2 amide bonds. The molecule has 0 bridgehead atoms. The van der Waals surface area contributed by atoms with E-state index in [1.807, 2.05) is 12.1 Å². The van der Waals surface area contributed by atoms with Crippen molar-refractivity contribution < 1.29 is 31.5 Å². The van der Waals surface area contributed by atoms with Crippen LogP contribution in [0.15, 0.2) is 29.3 Å². The van der Waals surface area contributed by atoms with Gasteiger partial charge in [0.25, 0.3) is 0 Å². The van der Waals surface area contributed by atoms with Crippen LogP contribution < -0.4 is 21.1 Å². The van der Waals surface area contributed by atoms with Crippen molar-refractivity contribution in [3.8, 4) is 5.75 Å². The Hall–Kier alpha value is -3.67. The van der Waals surface area contributed by atoms with E-state index in [0.29, 0.717) is 55.0 Å². The van der Waals surface area contributed by atoms with Gasteiger partial charge in [0.05, 0.1) is 34.2 Å². The summed E-state index contributed by atoms with van der Waals surface area (Å²) in [6.07, 6.45) is 6.02. The largest absolute Gasteiger partial charge is 0.432 e. The number of alkyl halides is 2. The average molecular weight is 725 g/mol. The third-order valence-corrected chi connectivity index (χ3v) is 12.0. The lowest BCUT2D eigenvalue weighted by molar-refractivity contribution is -0.135. The van der Waals surface area contributed by atoms with Crippen molar-refractivity contribution in [3.05, 3.63) is 45.6 Å². The summed E-state index contributed by atoms with van der Waals surface area (Å²) in [4.78, 5) is 47.6. The van der Waals surface area contributed by atoms with Gasteiger partial charge in [0.15, 0.2) is 5.75 Å². The molecule has 6 rings (SSSR count). The number of nitrogens with zero attached hydrogens (tertiary/aromatic N) is 6. The number of sulfonamides is 1. The molecule has 49 heavy (non-hydrogen) atoms. The number of hydrogen-bond acceptors (Lipinski definition) is 10. The maximum atomic E-state index is 13.2. The zero-order chi connectivity index (χ0) is 34.9. The molecule has 2 N–H and O–H groups in total. The summed E-state index contributed by atoms with van der Waals surface area (Å²) in [7, 11) is -1.80. The third kappa shape index (κ3) is 7.74. The maximum Gasteiger partial charge on any atom is 0.387 e. The van der Waals surface area contributed by atoms with Crippen LogP contribution in [0.5, 0.6) is 5.75 Å². The minimum atomic E-state index is -3.43. The van der Waals surface area contributed by atoms with Crippen LogP contribution in [0.25, 0.3) is 11.0 Å². The second-order valence-electron chi connectivity index (χ2n) is 12.7. The molecule has 3 aliphatic heterocycles. The highest BCUT2D eigenvalue weighted by Gasteiger charge is 2.33. The van der Waals surface area contributed by atoms with Crippen LogP contribution in [0.2, 0.25) is 5.02 Å². The smallest absolute Gasteiger partial charge is 0.387 e. The Labute approximate surface area is 286 Å². The van der Waals surface area contributed by atoms with E-state index in [1.54, 1.807) is 7.05 Å². The first-order chi connectivity index (χ1) is 23.4. The fourth-order valence-electron chi connectivity index (χ4n) is 7.07. The molecule has 266 valence electrons. The van der Waals surface area contributed by atoms with Gasteiger partial charge in [0, 0.05) is 32.6 Å². The van der Waals surface area contributed by atoms with Gasteiger partial charge in [-0.1, -0.05) is 17.7 Å². The quantitative estimate of drug-likeness (QED) is 0.282. The molecule has 0 aliphatic carbocycles. The van der Waals surface area contributed by atoms with Gasteiger partial charge in [-0.05, 0) is 75.7 Å². The number of anilines is 1. The predicted molar refractivity (Wildman–Crippen MR) is 177 cm³/mol. The topological polar surface area (TPSA) is 161 Å². The van der Waals surface area contributed by atoms with Crippen molar-refractivity contribution in [2.24, 2.45) is 7.05 Å². The Morgan fingerprint density at radius 3 is 2.39 bits per heavy atom. The van der Waals surface area contributed by atoms with Crippen molar-refractivity contribution in [2.45, 2.75) is 69.6 Å². The predicted octanol–water partition coefficient (Wildman–Crippen LogP) is 2.84. The Morgan fingerprint density at radius 1 is 1.04 bits per heavy atom. The number of likely N-dealkylation sites (tertiary alicyclic amines) is 1. The summed E-state index contributed by atoms with van der Waals surface area (Å²) in [6.45, 7) is -0.00364. The normalized spacial score (nSPS) is 20.6. The molecule has 1 aromatic carbocycles. The van der Waals surface area contributed by atoms with Crippen molar-refractivity contribution in [2.75, 3.05) is 43.8 Å². The first kappa shape index (κ1) is 35.2. The summed E-state index contributed by atoms with van der Waals surface area (Å²) in [5, 5.41) is 5.93. The molecule has 0 saturated carbocycles. The number of benzene rings is 1.